The first-order valence-corrected chi connectivity index (χ1v) is 16.0. The molecule has 0 spiro atoms. The molecule has 0 radical (unpaired) electrons. The van der Waals surface area contributed by atoms with E-state index in [0.717, 1.165) is 17.4 Å². The van der Waals surface area contributed by atoms with Gasteiger partial charge in [-0.05, 0) is 41.8 Å². The van der Waals surface area contributed by atoms with Crippen LogP contribution in [0.5, 0.6) is 0 Å². The van der Waals surface area contributed by atoms with Crippen LogP contribution in [0.15, 0.2) is 24.3 Å². The third-order valence-corrected chi connectivity index (χ3v) is 15.6. The Hall–Kier alpha value is -0.796. The minimum absolute atomic E-state index is 0.0455. The summed E-state index contributed by atoms with van der Waals surface area (Å²) in [7, 11) is -4.16. The van der Waals surface area contributed by atoms with Gasteiger partial charge >= 0.3 is 0 Å². The van der Waals surface area contributed by atoms with Crippen LogP contribution in [0.1, 0.15) is 65.1 Å². The standard InChI is InChI=1S/C22H38O4Si2/c1-21(2,3)27(7,8)25-19-16-13-11-12-14-17(16)20(24-18(19)15-23)26-28(9,10)22(4,5)6/h11-15,18-20H,1-10H3/t18-,19-,20+/m0/s1. The van der Waals surface area contributed by atoms with Gasteiger partial charge < -0.3 is 18.4 Å². The summed E-state index contributed by atoms with van der Waals surface area (Å²) in [6.45, 7) is 22.0. The van der Waals surface area contributed by atoms with Crippen LogP contribution in [0.4, 0.5) is 0 Å². The predicted molar refractivity (Wildman–Crippen MR) is 119 cm³/mol. The largest absolute Gasteiger partial charge is 0.407 e. The fourth-order valence-corrected chi connectivity index (χ4v) is 5.03. The summed E-state index contributed by atoms with van der Waals surface area (Å²) >= 11 is 0. The number of aldehydes is 1. The van der Waals surface area contributed by atoms with Crippen LogP contribution in [-0.4, -0.2) is 29.0 Å². The molecular formula is C22H38O4Si2. The molecule has 1 aliphatic rings. The molecule has 1 aromatic rings. The molecule has 0 saturated heterocycles. The fourth-order valence-electron chi connectivity index (χ4n) is 2.71. The number of hydrogen-bond acceptors (Lipinski definition) is 4. The highest BCUT2D eigenvalue weighted by Gasteiger charge is 2.47. The summed E-state index contributed by atoms with van der Waals surface area (Å²) in [5.74, 6) is 0. The van der Waals surface area contributed by atoms with Crippen molar-refractivity contribution in [3.8, 4) is 0 Å². The second-order valence-corrected chi connectivity index (χ2v) is 20.4. The lowest BCUT2D eigenvalue weighted by molar-refractivity contribution is -0.174. The van der Waals surface area contributed by atoms with Crippen molar-refractivity contribution < 1.29 is 18.4 Å². The Balaban J connectivity index is 2.44. The summed E-state index contributed by atoms with van der Waals surface area (Å²) < 4.78 is 19.4. The van der Waals surface area contributed by atoms with Gasteiger partial charge in [0.1, 0.15) is 12.2 Å². The molecule has 1 heterocycles. The van der Waals surface area contributed by atoms with E-state index < -0.39 is 35.1 Å². The van der Waals surface area contributed by atoms with Crippen molar-refractivity contribution in [3.63, 3.8) is 0 Å². The molecule has 0 unspecified atom stereocenters. The molecule has 6 heteroatoms. The van der Waals surface area contributed by atoms with Crippen molar-refractivity contribution >= 4 is 22.9 Å². The molecule has 1 aliphatic heterocycles. The molecule has 0 aromatic heterocycles. The second-order valence-electron chi connectivity index (χ2n) is 10.9. The van der Waals surface area contributed by atoms with Crippen LogP contribution < -0.4 is 0 Å². The molecule has 2 rings (SSSR count). The van der Waals surface area contributed by atoms with Gasteiger partial charge in [-0.3, -0.25) is 0 Å². The smallest absolute Gasteiger partial charge is 0.195 e. The van der Waals surface area contributed by atoms with Gasteiger partial charge in [0.05, 0.1) is 0 Å². The maximum atomic E-state index is 12.0. The van der Waals surface area contributed by atoms with E-state index in [1.165, 1.54) is 0 Å². The molecule has 0 fully saturated rings. The van der Waals surface area contributed by atoms with Gasteiger partial charge in [0.25, 0.3) is 0 Å². The fraction of sp³-hybridized carbons (Fsp3) is 0.682. The van der Waals surface area contributed by atoms with E-state index in [9.17, 15) is 4.79 Å². The summed E-state index contributed by atoms with van der Waals surface area (Å²) in [4.78, 5) is 12.0. The molecule has 3 atom stereocenters. The number of fused-ring (bicyclic) bond motifs is 1. The third kappa shape index (κ3) is 4.67. The summed E-state index contributed by atoms with van der Waals surface area (Å²) in [5, 5.41) is 0.0976. The van der Waals surface area contributed by atoms with Crippen LogP contribution >= 0.6 is 0 Å². The molecule has 0 N–H and O–H groups in total. The van der Waals surface area contributed by atoms with Crippen molar-refractivity contribution in [2.24, 2.45) is 0 Å². The minimum atomic E-state index is -2.09. The molecule has 0 amide bonds. The molecular weight excluding hydrogens is 384 g/mol. The van der Waals surface area contributed by atoms with Crippen LogP contribution in [0, 0.1) is 0 Å². The van der Waals surface area contributed by atoms with Crippen molar-refractivity contribution in [2.75, 3.05) is 0 Å². The van der Waals surface area contributed by atoms with Crippen molar-refractivity contribution in [1.82, 2.24) is 0 Å². The lowest BCUT2D eigenvalue weighted by Gasteiger charge is -2.46. The normalized spacial score (nSPS) is 24.0. The van der Waals surface area contributed by atoms with Gasteiger partial charge in [0, 0.05) is 5.56 Å². The van der Waals surface area contributed by atoms with E-state index in [-0.39, 0.29) is 10.1 Å². The lowest BCUT2D eigenvalue weighted by atomic mass is 9.96. The number of carbonyl (C=O) groups excluding carboxylic acids is 1. The Morgan fingerprint density at radius 1 is 0.857 bits per heavy atom. The van der Waals surface area contributed by atoms with Gasteiger partial charge in [-0.25, -0.2) is 0 Å². The van der Waals surface area contributed by atoms with Crippen molar-refractivity contribution in [3.05, 3.63) is 35.4 Å². The van der Waals surface area contributed by atoms with Crippen LogP contribution in [0.3, 0.4) is 0 Å². The third-order valence-electron chi connectivity index (χ3n) is 6.71. The monoisotopic (exact) mass is 422 g/mol. The first kappa shape index (κ1) is 23.5. The predicted octanol–water partition coefficient (Wildman–Crippen LogP) is 6.37. The Labute approximate surface area is 173 Å². The Morgan fingerprint density at radius 2 is 1.32 bits per heavy atom. The first-order chi connectivity index (χ1) is 12.6. The molecule has 28 heavy (non-hydrogen) atoms. The number of benzene rings is 1. The first-order valence-electron chi connectivity index (χ1n) is 10.2. The summed E-state index contributed by atoms with van der Waals surface area (Å²) in [5.41, 5.74) is 1.99. The lowest BCUT2D eigenvalue weighted by Crippen LogP contribution is -2.48. The highest BCUT2D eigenvalue weighted by Crippen LogP contribution is 2.47. The highest BCUT2D eigenvalue weighted by atomic mass is 28.4. The number of hydrogen-bond donors (Lipinski definition) is 0. The van der Waals surface area contributed by atoms with Gasteiger partial charge in [-0.2, -0.15) is 0 Å². The van der Waals surface area contributed by atoms with Crippen molar-refractivity contribution in [2.45, 2.75) is 96.3 Å². The van der Waals surface area contributed by atoms with E-state index in [4.69, 9.17) is 13.6 Å². The summed E-state index contributed by atoms with van der Waals surface area (Å²) in [6, 6.07) is 8.08. The highest BCUT2D eigenvalue weighted by molar-refractivity contribution is 6.74. The Morgan fingerprint density at radius 3 is 1.79 bits per heavy atom. The van der Waals surface area contributed by atoms with Crippen LogP contribution in [0.25, 0.3) is 0 Å². The molecule has 158 valence electrons. The number of carbonyl (C=O) groups is 1. The van der Waals surface area contributed by atoms with Gasteiger partial charge in [-0.15, -0.1) is 0 Å². The van der Waals surface area contributed by atoms with Crippen LogP contribution in [-0.2, 0) is 18.4 Å². The zero-order valence-corrected chi connectivity index (χ0v) is 21.3. The van der Waals surface area contributed by atoms with Gasteiger partial charge in [0.15, 0.2) is 29.2 Å². The SMILES string of the molecule is CC(C)(C)[Si](C)(C)O[C@H]1O[C@@H](C=O)[C@@H](O[Si](C)(C)C(C)(C)C)c2ccccc21. The zero-order chi connectivity index (χ0) is 21.5. The average molecular weight is 423 g/mol. The average Bonchev–Trinajstić information content (AvgIpc) is 2.54. The molecule has 0 bridgehead atoms. The molecule has 4 nitrogen and oxygen atoms in total. The quantitative estimate of drug-likeness (QED) is 0.408. The number of ether oxygens (including phenoxy) is 1. The van der Waals surface area contributed by atoms with Gasteiger partial charge in [-0.1, -0.05) is 65.8 Å². The molecule has 0 aliphatic carbocycles. The maximum absolute atomic E-state index is 12.0. The topological polar surface area (TPSA) is 44.8 Å². The van der Waals surface area contributed by atoms with E-state index in [0.29, 0.717) is 0 Å². The van der Waals surface area contributed by atoms with E-state index >= 15 is 0 Å². The van der Waals surface area contributed by atoms with E-state index in [2.05, 4.69) is 67.7 Å². The second kappa shape index (κ2) is 7.80. The maximum Gasteiger partial charge on any atom is 0.195 e. The Bertz CT molecular complexity index is 701. The Kier molecular flexibility index (Phi) is 6.54. The van der Waals surface area contributed by atoms with Crippen molar-refractivity contribution in [1.29, 1.82) is 0 Å². The molecule has 0 saturated carbocycles. The van der Waals surface area contributed by atoms with E-state index in [1.807, 2.05) is 24.3 Å². The summed E-state index contributed by atoms with van der Waals surface area (Å²) in [6.07, 6.45) is -0.727. The zero-order valence-electron chi connectivity index (χ0n) is 19.3. The van der Waals surface area contributed by atoms with Crippen LogP contribution in [0.2, 0.25) is 36.3 Å². The minimum Gasteiger partial charge on any atom is -0.407 e. The number of rotatable bonds is 5. The van der Waals surface area contributed by atoms with Gasteiger partial charge in [0.2, 0.25) is 0 Å². The molecule has 1 aromatic carbocycles. The van der Waals surface area contributed by atoms with E-state index in [1.54, 1.807) is 0 Å².